The summed E-state index contributed by atoms with van der Waals surface area (Å²) in [6.45, 7) is 0.160. The summed E-state index contributed by atoms with van der Waals surface area (Å²) in [5.74, 6) is 0.864. The third kappa shape index (κ3) is 5.21. The van der Waals surface area contributed by atoms with E-state index >= 15 is 0 Å². The molecule has 184 valence electrons. The molecule has 0 saturated carbocycles. The normalized spacial score (nSPS) is 10.9. The van der Waals surface area contributed by atoms with Gasteiger partial charge >= 0.3 is 0 Å². The number of allylic oxidation sites excluding steroid dienone is 1. The lowest BCUT2D eigenvalue weighted by atomic mass is 10.1. The van der Waals surface area contributed by atoms with E-state index in [0.717, 1.165) is 5.56 Å². The zero-order valence-corrected chi connectivity index (χ0v) is 20.1. The third-order valence-electron chi connectivity index (χ3n) is 5.50. The highest BCUT2D eigenvalue weighted by atomic mass is 19.1. The number of rotatable bonds is 8. The highest BCUT2D eigenvalue weighted by molar-refractivity contribution is 5.92. The Morgan fingerprint density at radius 3 is 2.24 bits per heavy atom. The van der Waals surface area contributed by atoms with Crippen molar-refractivity contribution in [3.63, 3.8) is 0 Å². The molecule has 0 fully saturated rings. The van der Waals surface area contributed by atoms with Crippen LogP contribution in [0.15, 0.2) is 66.7 Å². The van der Waals surface area contributed by atoms with Crippen molar-refractivity contribution in [2.75, 3.05) is 20.0 Å². The number of benzene rings is 3. The number of hydrogen-bond acceptors (Lipinski definition) is 7. The average Bonchev–Trinajstić information content (AvgIpc) is 3.27. The molecule has 1 aromatic heterocycles. The Morgan fingerprint density at radius 1 is 1.03 bits per heavy atom. The Bertz CT molecular complexity index is 1510. The maximum absolute atomic E-state index is 13.2. The van der Waals surface area contributed by atoms with Crippen LogP contribution in [0, 0.1) is 28.5 Å². The molecular formula is C28H22FN5O3. The second-order valence-corrected chi connectivity index (χ2v) is 7.81. The van der Waals surface area contributed by atoms with Gasteiger partial charge in [-0.05, 0) is 53.6 Å². The summed E-state index contributed by atoms with van der Waals surface area (Å²) in [5, 5.41) is 24.1. The zero-order valence-electron chi connectivity index (χ0n) is 20.1. The van der Waals surface area contributed by atoms with Gasteiger partial charge in [0.2, 0.25) is 5.75 Å². The van der Waals surface area contributed by atoms with Crippen LogP contribution >= 0.6 is 0 Å². The summed E-state index contributed by atoms with van der Waals surface area (Å²) in [4.78, 5) is 0. The van der Waals surface area contributed by atoms with Crippen LogP contribution in [0.25, 0.3) is 17.3 Å². The number of nitrogen functional groups attached to an aromatic ring is 1. The van der Waals surface area contributed by atoms with Gasteiger partial charge in [0.05, 0.1) is 25.5 Å². The minimum absolute atomic E-state index is 0.0924. The number of nitrogens with two attached hydrogens (primary N) is 1. The number of para-hydroxylation sites is 1. The molecule has 0 aliphatic rings. The van der Waals surface area contributed by atoms with Gasteiger partial charge in [0.15, 0.2) is 11.5 Å². The number of anilines is 1. The van der Waals surface area contributed by atoms with E-state index in [1.54, 1.807) is 42.5 Å². The van der Waals surface area contributed by atoms with E-state index in [2.05, 4.69) is 17.2 Å². The van der Waals surface area contributed by atoms with Gasteiger partial charge in [-0.25, -0.2) is 9.07 Å². The number of aromatic nitrogens is 2. The van der Waals surface area contributed by atoms with Crippen LogP contribution in [0.5, 0.6) is 17.2 Å². The second kappa shape index (κ2) is 11.0. The standard InChI is InChI=1S/C28H22FN5O3/c1-35-24-13-19(14-25(36-2)27(24)37-17-18-8-10-21(29)11-9-18)12-20(15-30)26-23(16-31)28(32)34(33-26)22-6-4-3-5-7-22/h3-14H,17,32H2,1-2H3. The Morgan fingerprint density at radius 2 is 1.68 bits per heavy atom. The van der Waals surface area contributed by atoms with Crippen LogP contribution in [0.3, 0.4) is 0 Å². The summed E-state index contributed by atoms with van der Waals surface area (Å²) < 4.78 is 31.6. The largest absolute Gasteiger partial charge is 0.493 e. The van der Waals surface area contributed by atoms with Crippen molar-refractivity contribution < 1.29 is 18.6 Å². The van der Waals surface area contributed by atoms with E-state index in [1.807, 2.05) is 18.2 Å². The number of halogens is 1. The van der Waals surface area contributed by atoms with E-state index in [4.69, 9.17) is 19.9 Å². The van der Waals surface area contributed by atoms with Gasteiger partial charge in [0.25, 0.3) is 0 Å². The molecule has 0 radical (unpaired) electrons. The Kier molecular flexibility index (Phi) is 7.37. The molecule has 4 aromatic rings. The molecule has 0 unspecified atom stereocenters. The third-order valence-corrected chi connectivity index (χ3v) is 5.50. The number of methoxy groups -OCH3 is 2. The Hall–Kier alpha value is -5.28. The van der Waals surface area contributed by atoms with Gasteiger partial charge in [-0.3, -0.25) is 0 Å². The average molecular weight is 496 g/mol. The fourth-order valence-corrected chi connectivity index (χ4v) is 3.68. The van der Waals surface area contributed by atoms with E-state index < -0.39 is 0 Å². The molecule has 2 N–H and O–H groups in total. The molecule has 1 heterocycles. The summed E-state index contributed by atoms with van der Waals surface area (Å²) in [5.41, 5.74) is 8.54. The number of hydrogen-bond donors (Lipinski definition) is 1. The maximum Gasteiger partial charge on any atom is 0.203 e. The van der Waals surface area contributed by atoms with Crippen LogP contribution in [-0.2, 0) is 6.61 Å². The van der Waals surface area contributed by atoms with E-state index in [1.165, 1.54) is 31.0 Å². The summed E-state index contributed by atoms with van der Waals surface area (Å²) in [7, 11) is 2.96. The maximum atomic E-state index is 13.2. The molecule has 0 spiro atoms. The van der Waals surface area contributed by atoms with E-state index in [0.29, 0.717) is 28.5 Å². The molecule has 4 rings (SSSR count). The molecular weight excluding hydrogens is 473 g/mol. The SMILES string of the molecule is COc1cc(C=C(C#N)c2nn(-c3ccccc3)c(N)c2C#N)cc(OC)c1OCc1ccc(F)cc1. The lowest BCUT2D eigenvalue weighted by Crippen LogP contribution is -2.02. The molecule has 0 bridgehead atoms. The van der Waals surface area contributed by atoms with Crippen LogP contribution in [0.4, 0.5) is 10.2 Å². The fourth-order valence-electron chi connectivity index (χ4n) is 3.68. The van der Waals surface area contributed by atoms with Gasteiger partial charge in [-0.1, -0.05) is 30.3 Å². The Balaban J connectivity index is 1.72. The van der Waals surface area contributed by atoms with Crippen LogP contribution in [0.2, 0.25) is 0 Å². The Labute approximate surface area is 213 Å². The first-order valence-electron chi connectivity index (χ1n) is 11.1. The first kappa shape index (κ1) is 24.8. The predicted molar refractivity (Wildman–Crippen MR) is 136 cm³/mol. The van der Waals surface area contributed by atoms with Gasteiger partial charge < -0.3 is 19.9 Å². The van der Waals surface area contributed by atoms with Crippen molar-refractivity contribution in [1.29, 1.82) is 10.5 Å². The van der Waals surface area contributed by atoms with Crippen molar-refractivity contribution in [2.24, 2.45) is 0 Å². The van der Waals surface area contributed by atoms with Crippen molar-refractivity contribution in [1.82, 2.24) is 9.78 Å². The summed E-state index contributed by atoms with van der Waals surface area (Å²) >= 11 is 0. The van der Waals surface area contributed by atoms with Gasteiger partial charge in [-0.2, -0.15) is 15.6 Å². The quantitative estimate of drug-likeness (QED) is 0.337. The number of ether oxygens (including phenoxy) is 3. The minimum atomic E-state index is -0.335. The molecule has 37 heavy (non-hydrogen) atoms. The van der Waals surface area contributed by atoms with Crippen molar-refractivity contribution in [2.45, 2.75) is 6.61 Å². The first-order chi connectivity index (χ1) is 18.0. The van der Waals surface area contributed by atoms with Gasteiger partial charge in [-0.15, -0.1) is 0 Å². The highest BCUT2D eigenvalue weighted by Crippen LogP contribution is 2.40. The molecule has 0 aliphatic heterocycles. The predicted octanol–water partition coefficient (Wildman–Crippen LogP) is 5.13. The summed E-state index contributed by atoms with van der Waals surface area (Å²) in [6.07, 6.45) is 1.56. The smallest absolute Gasteiger partial charge is 0.203 e. The molecule has 0 amide bonds. The topological polar surface area (TPSA) is 119 Å². The second-order valence-electron chi connectivity index (χ2n) is 7.81. The van der Waals surface area contributed by atoms with E-state index in [9.17, 15) is 14.9 Å². The minimum Gasteiger partial charge on any atom is -0.493 e. The molecule has 0 aliphatic carbocycles. The van der Waals surface area contributed by atoms with Gasteiger partial charge in [0.1, 0.15) is 41.6 Å². The lowest BCUT2D eigenvalue weighted by Gasteiger charge is -2.15. The van der Waals surface area contributed by atoms with Crippen LogP contribution in [0.1, 0.15) is 22.4 Å². The number of nitriles is 2. The van der Waals surface area contributed by atoms with Crippen LogP contribution in [-0.4, -0.2) is 24.0 Å². The van der Waals surface area contributed by atoms with Crippen molar-refractivity contribution in [3.8, 4) is 35.1 Å². The van der Waals surface area contributed by atoms with Crippen molar-refractivity contribution >= 4 is 17.5 Å². The fraction of sp³-hybridized carbons (Fsp3) is 0.107. The van der Waals surface area contributed by atoms with Crippen molar-refractivity contribution in [3.05, 3.63) is 94.9 Å². The molecule has 8 nitrogen and oxygen atoms in total. The molecule has 3 aromatic carbocycles. The zero-order chi connectivity index (χ0) is 26.4. The summed E-state index contributed by atoms with van der Waals surface area (Å²) in [6, 6.07) is 22.5. The molecule has 0 saturated heterocycles. The van der Waals surface area contributed by atoms with Gasteiger partial charge in [0, 0.05) is 0 Å². The first-order valence-corrected chi connectivity index (χ1v) is 11.1. The van der Waals surface area contributed by atoms with E-state index in [-0.39, 0.29) is 35.1 Å². The molecule has 9 heteroatoms. The lowest BCUT2D eigenvalue weighted by molar-refractivity contribution is 0.265. The number of nitrogens with zero attached hydrogens (tertiary/aromatic N) is 4. The highest BCUT2D eigenvalue weighted by Gasteiger charge is 2.21. The van der Waals surface area contributed by atoms with Crippen LogP contribution < -0.4 is 19.9 Å². The molecule has 0 atom stereocenters. The monoisotopic (exact) mass is 495 g/mol.